The van der Waals surface area contributed by atoms with Crippen molar-refractivity contribution in [2.24, 2.45) is 5.14 Å². The molecule has 8 nitrogen and oxygen atoms in total. The summed E-state index contributed by atoms with van der Waals surface area (Å²) in [6.07, 6.45) is 3.04. The van der Waals surface area contributed by atoms with E-state index < -0.39 is 16.0 Å². The highest BCUT2D eigenvalue weighted by atomic mass is 32.2. The van der Waals surface area contributed by atoms with Gasteiger partial charge in [0.05, 0.1) is 5.75 Å². The molecular weight excluding hydrogens is 286 g/mol. The Morgan fingerprint density at radius 2 is 2.05 bits per heavy atom. The number of piperidine rings is 1. The molecule has 4 N–H and O–H groups in total. The van der Waals surface area contributed by atoms with Crippen molar-refractivity contribution < 1.29 is 23.1 Å². The smallest absolute Gasteiger partial charge is 0.317 e. The molecule has 1 unspecified atom stereocenters. The number of carbonyl (C=O) groups is 2. The number of likely N-dealkylation sites (tertiary alicyclic amines) is 1. The molecular formula is C11H21N3O5S. The Bertz CT molecular complexity index is 451. The molecule has 1 aliphatic heterocycles. The molecule has 1 fully saturated rings. The van der Waals surface area contributed by atoms with Gasteiger partial charge in [-0.3, -0.25) is 4.79 Å². The fourth-order valence-corrected chi connectivity index (χ4v) is 2.65. The van der Waals surface area contributed by atoms with Crippen LogP contribution in [0.1, 0.15) is 32.1 Å². The van der Waals surface area contributed by atoms with Crippen LogP contribution in [0.4, 0.5) is 4.79 Å². The molecule has 0 aliphatic carbocycles. The minimum atomic E-state index is -3.60. The van der Waals surface area contributed by atoms with Crippen LogP contribution in [0.3, 0.4) is 0 Å². The van der Waals surface area contributed by atoms with Crippen LogP contribution in [0.5, 0.6) is 0 Å². The van der Waals surface area contributed by atoms with Crippen LogP contribution in [0, 0.1) is 0 Å². The van der Waals surface area contributed by atoms with E-state index in [-0.39, 0.29) is 30.8 Å². The van der Waals surface area contributed by atoms with Crippen molar-refractivity contribution in [3.05, 3.63) is 0 Å². The molecule has 1 aliphatic rings. The molecule has 116 valence electrons. The summed E-state index contributed by atoms with van der Waals surface area (Å²) < 4.78 is 21.6. The zero-order valence-corrected chi connectivity index (χ0v) is 12.1. The fraction of sp³-hybridized carbons (Fsp3) is 0.818. The molecule has 0 aromatic rings. The van der Waals surface area contributed by atoms with Crippen molar-refractivity contribution in [3.8, 4) is 0 Å². The average Bonchev–Trinajstić information content (AvgIpc) is 2.35. The van der Waals surface area contributed by atoms with Crippen molar-refractivity contribution in [2.45, 2.75) is 38.1 Å². The van der Waals surface area contributed by atoms with Gasteiger partial charge in [-0.05, 0) is 25.7 Å². The molecule has 9 heteroatoms. The van der Waals surface area contributed by atoms with Crippen LogP contribution < -0.4 is 10.5 Å². The van der Waals surface area contributed by atoms with E-state index in [1.807, 2.05) is 0 Å². The molecule has 1 atom stereocenters. The molecule has 0 bridgehead atoms. The van der Waals surface area contributed by atoms with Crippen LogP contribution in [0.25, 0.3) is 0 Å². The van der Waals surface area contributed by atoms with Crippen molar-refractivity contribution in [2.75, 3.05) is 18.8 Å². The number of rotatable bonds is 6. The van der Waals surface area contributed by atoms with Gasteiger partial charge in [0.15, 0.2) is 0 Å². The number of sulfonamides is 1. The standard InChI is InChI=1S/C11H21N3O5S/c12-20(18,19)8-6-13-11(17)14-7-2-1-3-9(14)4-5-10(15)16/h9H,1-8H2,(H,13,17)(H,15,16)(H2,12,18,19). The van der Waals surface area contributed by atoms with E-state index in [4.69, 9.17) is 10.2 Å². The first kappa shape index (κ1) is 16.7. The van der Waals surface area contributed by atoms with E-state index in [9.17, 15) is 18.0 Å². The van der Waals surface area contributed by atoms with Crippen molar-refractivity contribution in [1.29, 1.82) is 0 Å². The van der Waals surface area contributed by atoms with Crippen LogP contribution in [0.15, 0.2) is 0 Å². The van der Waals surface area contributed by atoms with Gasteiger partial charge in [-0.1, -0.05) is 0 Å². The van der Waals surface area contributed by atoms with Crippen molar-refractivity contribution in [3.63, 3.8) is 0 Å². The number of carbonyl (C=O) groups excluding carboxylic acids is 1. The zero-order chi connectivity index (χ0) is 15.2. The van der Waals surface area contributed by atoms with E-state index in [2.05, 4.69) is 5.32 Å². The number of carboxylic acid groups (broad SMARTS) is 1. The SMILES string of the molecule is NS(=O)(=O)CCNC(=O)N1CCCCC1CCC(=O)O. The number of nitrogens with one attached hydrogen (secondary N) is 1. The van der Waals surface area contributed by atoms with E-state index in [0.717, 1.165) is 19.3 Å². The predicted octanol–water partition coefficient (Wildman–Crippen LogP) is -0.296. The third-order valence-corrected chi connectivity index (χ3v) is 4.02. The lowest BCUT2D eigenvalue weighted by Crippen LogP contribution is -2.49. The van der Waals surface area contributed by atoms with Crippen LogP contribution in [-0.4, -0.2) is 55.3 Å². The Hall–Kier alpha value is -1.35. The lowest BCUT2D eigenvalue weighted by atomic mass is 9.98. The molecule has 0 radical (unpaired) electrons. The highest BCUT2D eigenvalue weighted by Gasteiger charge is 2.26. The Labute approximate surface area is 118 Å². The quantitative estimate of drug-likeness (QED) is 0.620. The van der Waals surface area contributed by atoms with Gasteiger partial charge in [0, 0.05) is 25.6 Å². The van der Waals surface area contributed by atoms with Gasteiger partial charge < -0.3 is 15.3 Å². The van der Waals surface area contributed by atoms with Crippen LogP contribution >= 0.6 is 0 Å². The Morgan fingerprint density at radius 1 is 1.35 bits per heavy atom. The maximum atomic E-state index is 12.0. The Balaban J connectivity index is 2.47. The first-order valence-corrected chi connectivity index (χ1v) is 8.28. The monoisotopic (exact) mass is 307 g/mol. The summed E-state index contributed by atoms with van der Waals surface area (Å²) in [7, 11) is -3.60. The second-order valence-corrected chi connectivity index (χ2v) is 6.61. The second kappa shape index (κ2) is 7.44. The van der Waals surface area contributed by atoms with E-state index in [1.165, 1.54) is 0 Å². The van der Waals surface area contributed by atoms with Crippen LogP contribution in [-0.2, 0) is 14.8 Å². The zero-order valence-electron chi connectivity index (χ0n) is 11.2. The molecule has 1 saturated heterocycles. The minimum absolute atomic E-state index is 0.0195. The second-order valence-electron chi connectivity index (χ2n) is 4.87. The van der Waals surface area contributed by atoms with Gasteiger partial charge in [-0.25, -0.2) is 18.4 Å². The van der Waals surface area contributed by atoms with Gasteiger partial charge >= 0.3 is 12.0 Å². The third-order valence-electron chi connectivity index (χ3n) is 3.24. The average molecular weight is 307 g/mol. The molecule has 0 aromatic heterocycles. The minimum Gasteiger partial charge on any atom is -0.481 e. The number of urea groups is 1. The highest BCUT2D eigenvalue weighted by Crippen LogP contribution is 2.20. The van der Waals surface area contributed by atoms with Gasteiger partial charge in [0.25, 0.3) is 0 Å². The Kier molecular flexibility index (Phi) is 6.21. The number of carboxylic acids is 1. The summed E-state index contributed by atoms with van der Waals surface area (Å²) in [4.78, 5) is 24.2. The lowest BCUT2D eigenvalue weighted by molar-refractivity contribution is -0.137. The fourth-order valence-electron chi connectivity index (χ4n) is 2.26. The summed E-state index contributed by atoms with van der Waals surface area (Å²) in [6.45, 7) is 0.519. The van der Waals surface area contributed by atoms with Gasteiger partial charge in [-0.2, -0.15) is 0 Å². The normalized spacial score (nSPS) is 19.6. The molecule has 1 rings (SSSR count). The van der Waals surface area contributed by atoms with Crippen LogP contribution in [0.2, 0.25) is 0 Å². The van der Waals surface area contributed by atoms with E-state index >= 15 is 0 Å². The largest absolute Gasteiger partial charge is 0.481 e. The highest BCUT2D eigenvalue weighted by molar-refractivity contribution is 7.89. The summed E-state index contributed by atoms with van der Waals surface area (Å²) in [5.41, 5.74) is 0. The molecule has 0 spiro atoms. The number of hydrogen-bond acceptors (Lipinski definition) is 4. The number of primary sulfonamides is 1. The maximum Gasteiger partial charge on any atom is 0.317 e. The molecule has 0 saturated carbocycles. The summed E-state index contributed by atoms with van der Waals surface area (Å²) >= 11 is 0. The molecule has 2 amide bonds. The lowest BCUT2D eigenvalue weighted by Gasteiger charge is -2.35. The van der Waals surface area contributed by atoms with E-state index in [1.54, 1.807) is 4.90 Å². The summed E-state index contributed by atoms with van der Waals surface area (Å²) in [5, 5.41) is 16.1. The number of hydrogen-bond donors (Lipinski definition) is 3. The first-order chi connectivity index (χ1) is 9.29. The molecule has 1 heterocycles. The number of nitrogens with two attached hydrogens (primary N) is 1. The number of amides is 2. The first-order valence-electron chi connectivity index (χ1n) is 6.56. The maximum absolute atomic E-state index is 12.0. The van der Waals surface area contributed by atoms with Crippen molar-refractivity contribution >= 4 is 22.0 Å². The topological polar surface area (TPSA) is 130 Å². The molecule has 20 heavy (non-hydrogen) atoms. The summed E-state index contributed by atoms with van der Waals surface area (Å²) in [5.74, 6) is -1.20. The number of nitrogens with zero attached hydrogens (tertiary/aromatic N) is 1. The van der Waals surface area contributed by atoms with E-state index in [0.29, 0.717) is 13.0 Å². The summed E-state index contributed by atoms with van der Waals surface area (Å²) in [6, 6.07) is -0.460. The molecule has 0 aromatic carbocycles. The Morgan fingerprint density at radius 3 is 2.65 bits per heavy atom. The van der Waals surface area contributed by atoms with Gasteiger partial charge in [0.2, 0.25) is 10.0 Å². The number of aliphatic carboxylic acids is 1. The van der Waals surface area contributed by atoms with Crippen molar-refractivity contribution in [1.82, 2.24) is 10.2 Å². The predicted molar refractivity (Wildman–Crippen MR) is 72.6 cm³/mol. The van der Waals surface area contributed by atoms with Gasteiger partial charge in [0.1, 0.15) is 0 Å². The van der Waals surface area contributed by atoms with Gasteiger partial charge in [-0.15, -0.1) is 0 Å². The third kappa shape index (κ3) is 6.20.